The lowest BCUT2D eigenvalue weighted by Crippen LogP contribution is -2.72. The molecule has 0 spiro atoms. The molecule has 0 bridgehead atoms. The van der Waals surface area contributed by atoms with E-state index < -0.39 is 470 Å². The van der Waals surface area contributed by atoms with Crippen molar-refractivity contribution in [2.75, 3.05) is 72.7 Å². The number of amides is 5. The SMILES string of the molecule is CC(=O)N[C@@H]1[C@@H](O)[C@H](O[C@@H]2O[C@H](CO)[C@@H](O[C@@H]3O[C@H](CO[C@H]4O[C@H](CO)[C@@H](O)[C@H](O)[C@@H]4O[C@@H]4O[C@H](CO)[C@@H](O[C@@H]5O[C@H](CO)[C@H](O)[C@H](O)[C@H]5O)[C@H](O)[C@H]4NC(C)=O)[C@@H](O)[C@H](O[C@H]4O[C@H](CO)[C@@H](O[C@@H]5O[C@H](CO)[C@@H](O[C@@H]6O[C@H](CO)[C@H](O)[C@H](O)[C@H]6O)[C@H](O)[C@H]5NC(C)=O)[C@H](O)[C@@H]4O[C@@H]4O[C@H](CO)[C@@H](O[C@@H]5O[C@H](CO)[C@H](O)[C@H](O)[C@H]5O[C@@H]5O[C@@H](C)[C@@H](O)[C@@H](O)[C@@H]5O)[C@H](O)[C@H]4NC(C)=O)[C@@H]3O)[C@H](O)[C@H]2NC(C)=O)[C@@H](CO)O[C@H]1O. The summed E-state index contributed by atoms with van der Waals surface area (Å²) in [5.74, 6) is -5.02. The number of aliphatic hydroxyl groups is 32. The summed E-state index contributed by atoms with van der Waals surface area (Å²) in [5, 5.41) is 375. The first kappa shape index (κ1) is 121. The van der Waals surface area contributed by atoms with Crippen LogP contribution in [0.15, 0.2) is 0 Å². The summed E-state index contributed by atoms with van der Waals surface area (Å²) in [6.45, 7) is -7.58. The molecule has 65 nitrogen and oxygen atoms in total. The molecule has 37 N–H and O–H groups in total. The Morgan fingerprint density at radius 3 is 0.748 bits per heavy atom. The van der Waals surface area contributed by atoms with Crippen LogP contribution in [0.1, 0.15) is 41.5 Å². The third-order valence-electron chi connectivity index (χ3n) is 27.1. The number of carbonyl (C=O) groups is 5. The van der Waals surface area contributed by atoms with Gasteiger partial charge in [-0.25, -0.2) is 0 Å². The summed E-state index contributed by atoms with van der Waals surface area (Å²) in [7, 11) is 0. The van der Waals surface area contributed by atoms with Crippen LogP contribution in [0.4, 0.5) is 0 Å². The normalized spacial score (nSPS) is 49.6. The second kappa shape index (κ2) is 52.8. The van der Waals surface area contributed by atoms with Crippen LogP contribution in [0.25, 0.3) is 0 Å². The first-order valence-corrected chi connectivity index (χ1v) is 47.0. The van der Waals surface area contributed by atoms with E-state index in [-0.39, 0.29) is 0 Å². The summed E-state index contributed by atoms with van der Waals surface area (Å²) in [6.07, 6.45) is -120. The van der Waals surface area contributed by atoms with Crippen molar-refractivity contribution in [3.63, 3.8) is 0 Å². The molecule has 12 fully saturated rings. The van der Waals surface area contributed by atoms with Crippen molar-refractivity contribution >= 4 is 29.5 Å². The maximum Gasteiger partial charge on any atom is 0.217 e. The molecule has 850 valence electrons. The van der Waals surface area contributed by atoms with Crippen molar-refractivity contribution < 1.29 is 296 Å². The molecule has 12 rings (SSSR count). The van der Waals surface area contributed by atoms with Crippen molar-refractivity contribution in [1.82, 2.24) is 26.6 Å². The largest absolute Gasteiger partial charge is 0.394 e. The molecule has 0 aliphatic carbocycles. The molecule has 0 unspecified atom stereocenters. The molecule has 147 heavy (non-hydrogen) atoms. The van der Waals surface area contributed by atoms with E-state index in [4.69, 9.17) is 109 Å². The Balaban J connectivity index is 0.935. The molecule has 12 aliphatic heterocycles. The summed E-state index contributed by atoms with van der Waals surface area (Å²) < 4.78 is 139. The van der Waals surface area contributed by atoms with Crippen LogP contribution in [0, 0.1) is 0 Å². The molecule has 0 aromatic rings. The third-order valence-corrected chi connectivity index (χ3v) is 27.1. The molecular weight excluding hydrogens is 2010 g/mol. The smallest absolute Gasteiger partial charge is 0.217 e. The van der Waals surface area contributed by atoms with Crippen molar-refractivity contribution in [2.24, 2.45) is 0 Å². The van der Waals surface area contributed by atoms with Gasteiger partial charge >= 0.3 is 0 Å². The number of ether oxygens (including phenoxy) is 23. The van der Waals surface area contributed by atoms with Crippen molar-refractivity contribution in [3.05, 3.63) is 0 Å². The van der Waals surface area contributed by atoms with Crippen LogP contribution in [-0.4, -0.2) is 634 Å². The molecule has 0 radical (unpaired) electrons. The van der Waals surface area contributed by atoms with Crippen LogP contribution in [0.2, 0.25) is 0 Å². The number of carbonyl (C=O) groups excluding carboxylic acids is 5. The standard InChI is InChI=1S/C82H137N5O60/c1-18-40(103)51(114)56(119)76(126-18)147-69-55(118)44(107)27(10-91)131-81(69)143-65-32(15-96)135-75(39(50(65)113)87-23(6)102)146-70-59(122)66(139-73-37(85-21(4)100)47(110)62(29(12-93)133-73)140-77-57(120)52(115)41(104)24(7-88)128-77)33(16-97)136-82(70)144-67-45(108)34(137-79(60(67)123)142-64-31(14-95)132-72(36(48(64)111)84-20(3)99)138-61-28(11-92)127-71(124)35(46(61)109)83-19(2)98)17-125-80-68(54(117)43(106)26(9-90)130-80)145-74-38(86-22(5)101)49(112)63(30(13-94)134-74)141-78-58(121)53(116)42(105)25(8-89)129-78/h18,24-82,88-97,103-124H,7-17H2,1-6H3,(H,83,98)(H,84,99)(H,85,100)(H,86,101)(H,87,102)/t18-,24+,25+,26+,27+,28+,29+,30+,31+,32+,33+,34+,35+,36+,37+,38+,39+,40+,41-,42-,43+,44-,45+,46+,47+,48+,49+,50+,51+,52-,53-,54-,55-,56-,57+,58+,59-,60-,61+,62+,63+,64+,65+,66+,67-,68-,69+,70-,71+,72-,73-,74-,75-,76-,77-,78-,79-,80-,81-,82+/m0/s1. The highest BCUT2D eigenvalue weighted by Gasteiger charge is 2.64. The van der Waals surface area contributed by atoms with E-state index in [1.54, 1.807) is 0 Å². The summed E-state index contributed by atoms with van der Waals surface area (Å²) in [6, 6.07) is -10.1. The van der Waals surface area contributed by atoms with Gasteiger partial charge in [0.15, 0.2) is 75.5 Å². The molecule has 12 heterocycles. The summed E-state index contributed by atoms with van der Waals surface area (Å²) in [5.41, 5.74) is 0. The van der Waals surface area contributed by atoms with Gasteiger partial charge in [-0.15, -0.1) is 0 Å². The highest BCUT2D eigenvalue weighted by molar-refractivity contribution is 5.75. The molecule has 0 saturated carbocycles. The first-order valence-electron chi connectivity index (χ1n) is 47.0. The van der Waals surface area contributed by atoms with Crippen LogP contribution in [0.5, 0.6) is 0 Å². The number of rotatable bonds is 38. The van der Waals surface area contributed by atoms with Gasteiger partial charge in [-0.05, 0) is 6.92 Å². The summed E-state index contributed by atoms with van der Waals surface area (Å²) >= 11 is 0. The Labute approximate surface area is 832 Å². The molecule has 5 amide bonds. The molecule has 0 aromatic heterocycles. The van der Waals surface area contributed by atoms with E-state index in [9.17, 15) is 187 Å². The van der Waals surface area contributed by atoms with Gasteiger partial charge in [0.1, 0.15) is 287 Å². The predicted octanol–water partition coefficient (Wildman–Crippen LogP) is -25.4. The molecule has 12 aliphatic rings. The zero-order chi connectivity index (χ0) is 108. The Hall–Kier alpha value is -4.85. The van der Waals surface area contributed by atoms with Crippen LogP contribution in [-0.2, 0) is 133 Å². The second-order valence-electron chi connectivity index (χ2n) is 37.3. The molecule has 12 saturated heterocycles. The number of nitrogens with one attached hydrogen (secondary N) is 5. The van der Waals surface area contributed by atoms with E-state index in [0.29, 0.717) is 0 Å². The van der Waals surface area contributed by atoms with Crippen LogP contribution < -0.4 is 26.6 Å². The molecule has 65 heteroatoms. The topological polar surface area (TPSA) is 1010 Å². The van der Waals surface area contributed by atoms with Crippen molar-refractivity contribution in [2.45, 2.75) is 410 Å². The van der Waals surface area contributed by atoms with E-state index >= 15 is 0 Å². The lowest BCUT2D eigenvalue weighted by Gasteiger charge is -2.52. The van der Waals surface area contributed by atoms with Gasteiger partial charge in [0, 0.05) is 34.6 Å². The van der Waals surface area contributed by atoms with Crippen molar-refractivity contribution in [3.8, 4) is 0 Å². The minimum atomic E-state index is -2.80. The predicted molar refractivity (Wildman–Crippen MR) is 452 cm³/mol. The maximum atomic E-state index is 13.7. The number of hydrogen-bond acceptors (Lipinski definition) is 60. The van der Waals surface area contributed by atoms with E-state index in [1.807, 2.05) is 0 Å². The van der Waals surface area contributed by atoms with E-state index in [1.165, 1.54) is 6.92 Å². The minimum absolute atomic E-state index is 0.840. The fraction of sp³-hybridized carbons (Fsp3) is 0.939. The molecule has 60 atom stereocenters. The van der Waals surface area contributed by atoms with Crippen LogP contribution in [0.3, 0.4) is 0 Å². The fourth-order valence-corrected chi connectivity index (χ4v) is 19.2. The highest BCUT2D eigenvalue weighted by atomic mass is 16.8. The number of hydrogen-bond donors (Lipinski definition) is 37. The Morgan fingerprint density at radius 2 is 0.408 bits per heavy atom. The lowest BCUT2D eigenvalue weighted by atomic mass is 9.93. The maximum absolute atomic E-state index is 13.7. The van der Waals surface area contributed by atoms with E-state index in [0.717, 1.165) is 34.6 Å². The minimum Gasteiger partial charge on any atom is -0.394 e. The van der Waals surface area contributed by atoms with E-state index in [2.05, 4.69) is 26.6 Å². The fourth-order valence-electron chi connectivity index (χ4n) is 19.2. The van der Waals surface area contributed by atoms with Gasteiger partial charge in [0.2, 0.25) is 29.5 Å². The van der Waals surface area contributed by atoms with Crippen molar-refractivity contribution in [1.29, 1.82) is 0 Å². The average molecular weight is 2150 g/mol. The van der Waals surface area contributed by atoms with Gasteiger partial charge < -0.3 is 299 Å². The van der Waals surface area contributed by atoms with Crippen LogP contribution >= 0.6 is 0 Å². The zero-order valence-electron chi connectivity index (χ0n) is 79.2. The lowest BCUT2D eigenvalue weighted by molar-refractivity contribution is -0.408. The highest BCUT2D eigenvalue weighted by Crippen LogP contribution is 2.43. The van der Waals surface area contributed by atoms with Gasteiger partial charge in [-0.3, -0.25) is 24.0 Å². The Kier molecular flexibility index (Phi) is 43.4. The molecule has 0 aromatic carbocycles. The average Bonchev–Trinajstić information content (AvgIpc) is 0.758. The zero-order valence-corrected chi connectivity index (χ0v) is 79.2. The summed E-state index contributed by atoms with van der Waals surface area (Å²) in [4.78, 5) is 65.7. The monoisotopic (exact) mass is 2150 g/mol. The van der Waals surface area contributed by atoms with Gasteiger partial charge in [0.05, 0.1) is 78.8 Å². The van der Waals surface area contributed by atoms with Gasteiger partial charge in [-0.2, -0.15) is 0 Å². The Morgan fingerprint density at radius 1 is 0.190 bits per heavy atom. The van der Waals surface area contributed by atoms with Gasteiger partial charge in [0.25, 0.3) is 0 Å². The second-order valence-corrected chi connectivity index (χ2v) is 37.3. The number of aliphatic hydroxyl groups excluding tert-OH is 32. The first-order chi connectivity index (χ1) is 69.6. The Bertz CT molecular complexity index is 4110. The molecular formula is C82H137N5O60. The van der Waals surface area contributed by atoms with Gasteiger partial charge in [-0.1, -0.05) is 0 Å². The third kappa shape index (κ3) is 26.7. The quantitative estimate of drug-likeness (QED) is 0.0273.